The van der Waals surface area contributed by atoms with E-state index in [-0.39, 0.29) is 13.0 Å². The van der Waals surface area contributed by atoms with Gasteiger partial charge in [0.15, 0.2) is 0 Å². The Morgan fingerprint density at radius 3 is 2.36 bits per heavy atom. The molecule has 8 nitrogen and oxygen atoms in total. The van der Waals surface area contributed by atoms with Crippen LogP contribution in [0.5, 0.6) is 0 Å². The summed E-state index contributed by atoms with van der Waals surface area (Å²) in [6.07, 6.45) is -0.746. The summed E-state index contributed by atoms with van der Waals surface area (Å²) in [7, 11) is 0. The summed E-state index contributed by atoms with van der Waals surface area (Å²) >= 11 is 0. The van der Waals surface area contributed by atoms with Crippen LogP contribution in [0.15, 0.2) is 25.8 Å². The third-order valence-electron chi connectivity index (χ3n) is 4.67. The summed E-state index contributed by atoms with van der Waals surface area (Å²) in [6.45, 7) is 5.38. The van der Waals surface area contributed by atoms with Crippen LogP contribution in [0.4, 0.5) is 0 Å². The molecule has 8 heteroatoms. The van der Waals surface area contributed by atoms with Gasteiger partial charge in [-0.2, -0.15) is 0 Å². The molecule has 0 radical (unpaired) electrons. The van der Waals surface area contributed by atoms with Gasteiger partial charge in [0.25, 0.3) is 5.91 Å². The fourth-order valence-corrected chi connectivity index (χ4v) is 3.17. The molecule has 1 aromatic carbocycles. The summed E-state index contributed by atoms with van der Waals surface area (Å²) < 4.78 is 11.1. The Bertz CT molecular complexity index is 1180. The molecular weight excluding hydrogens is 366 g/mol. The number of carbonyl (C=O) groups is 3. The zero-order chi connectivity index (χ0) is 20.6. The third kappa shape index (κ3) is 3.53. The number of nitrogens with one attached hydrogen (secondary N) is 1. The normalized spacial score (nSPS) is 11.1. The fraction of sp³-hybridized carbons (Fsp3) is 0.300. The zero-order valence-electron chi connectivity index (χ0n) is 15.7. The van der Waals surface area contributed by atoms with Crippen molar-refractivity contribution >= 4 is 39.6 Å². The number of amides is 1. The number of carboxylic acid groups (broad SMARTS) is 1. The van der Waals surface area contributed by atoms with Gasteiger partial charge < -0.3 is 19.3 Å². The number of carbonyl (C=O) groups excluding carboxylic acids is 2. The molecule has 0 bridgehead atoms. The van der Waals surface area contributed by atoms with Gasteiger partial charge in [0.2, 0.25) is 5.78 Å². The molecular formula is C20H19NO7. The van der Waals surface area contributed by atoms with Crippen molar-refractivity contribution in [1.29, 1.82) is 0 Å². The molecule has 1 amide bonds. The zero-order valence-corrected chi connectivity index (χ0v) is 15.7. The highest BCUT2D eigenvalue weighted by atomic mass is 16.4. The molecule has 28 heavy (non-hydrogen) atoms. The number of aryl methyl sites for hydroxylation is 3. The van der Waals surface area contributed by atoms with Gasteiger partial charge >= 0.3 is 11.6 Å². The maximum Gasteiger partial charge on any atom is 0.336 e. The lowest BCUT2D eigenvalue weighted by atomic mass is 10.0. The van der Waals surface area contributed by atoms with Gasteiger partial charge in [-0.15, -0.1) is 0 Å². The van der Waals surface area contributed by atoms with Crippen molar-refractivity contribution in [2.45, 2.75) is 40.2 Å². The minimum Gasteiger partial charge on any atom is -0.481 e. The molecule has 146 valence electrons. The minimum absolute atomic E-state index is 0.0528. The van der Waals surface area contributed by atoms with Gasteiger partial charge in [-0.3, -0.25) is 14.4 Å². The van der Waals surface area contributed by atoms with E-state index in [0.29, 0.717) is 28.1 Å². The lowest BCUT2D eigenvalue weighted by Crippen LogP contribution is -2.30. The Morgan fingerprint density at radius 2 is 1.68 bits per heavy atom. The van der Waals surface area contributed by atoms with E-state index >= 15 is 0 Å². The Hall–Kier alpha value is -3.42. The van der Waals surface area contributed by atoms with Crippen molar-refractivity contribution < 1.29 is 28.3 Å². The molecule has 0 aliphatic rings. The molecule has 0 aliphatic carbocycles. The number of benzene rings is 1. The van der Waals surface area contributed by atoms with Crippen LogP contribution in [0.1, 0.15) is 35.3 Å². The Balaban J connectivity index is 1.95. The van der Waals surface area contributed by atoms with Gasteiger partial charge in [-0.1, -0.05) is 0 Å². The molecule has 0 saturated heterocycles. The Kier molecular flexibility index (Phi) is 5.04. The fourth-order valence-electron chi connectivity index (χ4n) is 3.17. The molecule has 0 saturated carbocycles. The molecule has 0 atom stereocenters. The molecule has 2 aromatic heterocycles. The highest BCUT2D eigenvalue weighted by Gasteiger charge is 2.20. The Morgan fingerprint density at radius 1 is 1.00 bits per heavy atom. The van der Waals surface area contributed by atoms with E-state index in [0.717, 1.165) is 16.3 Å². The van der Waals surface area contributed by atoms with E-state index in [1.54, 1.807) is 20.8 Å². The maximum absolute atomic E-state index is 11.9. The third-order valence-corrected chi connectivity index (χ3v) is 4.67. The maximum atomic E-state index is 11.9. The predicted octanol–water partition coefficient (Wildman–Crippen LogP) is 2.51. The molecule has 0 spiro atoms. The molecule has 3 aromatic rings. The minimum atomic E-state index is -1.14. The van der Waals surface area contributed by atoms with Crippen molar-refractivity contribution in [1.82, 2.24) is 5.32 Å². The summed E-state index contributed by atoms with van der Waals surface area (Å²) in [5, 5.41) is 12.6. The SMILES string of the molecule is Cc1oc2c(C)c3oc(=O)cc(C)c3cc2c1CNC(=O)C(=O)CCC(=O)O. The highest BCUT2D eigenvalue weighted by molar-refractivity contribution is 6.36. The van der Waals surface area contributed by atoms with Crippen LogP contribution in [0.25, 0.3) is 21.9 Å². The molecule has 2 N–H and O–H groups in total. The molecule has 0 unspecified atom stereocenters. The highest BCUT2D eigenvalue weighted by Crippen LogP contribution is 2.34. The average Bonchev–Trinajstić information content (AvgIpc) is 2.94. The number of ketones is 1. The van der Waals surface area contributed by atoms with Crippen LogP contribution < -0.4 is 10.9 Å². The van der Waals surface area contributed by atoms with Gasteiger partial charge in [0, 0.05) is 40.9 Å². The van der Waals surface area contributed by atoms with Gasteiger partial charge in [-0.05, 0) is 32.4 Å². The van der Waals surface area contributed by atoms with Crippen molar-refractivity contribution in [2.24, 2.45) is 0 Å². The molecule has 0 fully saturated rings. The Labute approximate surface area is 159 Å². The summed E-state index contributed by atoms with van der Waals surface area (Å²) in [5.41, 5.74) is 2.68. The molecule has 2 heterocycles. The first-order chi connectivity index (χ1) is 13.2. The number of furan rings is 1. The lowest BCUT2D eigenvalue weighted by molar-refractivity contribution is -0.141. The first-order valence-electron chi connectivity index (χ1n) is 8.68. The number of fused-ring (bicyclic) bond motifs is 2. The number of rotatable bonds is 6. The van der Waals surface area contributed by atoms with Crippen LogP contribution in [-0.2, 0) is 20.9 Å². The monoisotopic (exact) mass is 385 g/mol. The number of aliphatic carboxylic acids is 1. The summed E-state index contributed by atoms with van der Waals surface area (Å²) in [4.78, 5) is 45.9. The second kappa shape index (κ2) is 7.30. The van der Waals surface area contributed by atoms with E-state index < -0.39 is 29.7 Å². The van der Waals surface area contributed by atoms with Crippen LogP contribution in [-0.4, -0.2) is 22.8 Å². The first kappa shape index (κ1) is 19.3. The quantitative estimate of drug-likeness (QED) is 0.493. The van der Waals surface area contributed by atoms with E-state index in [1.165, 1.54) is 6.07 Å². The number of Topliss-reactive ketones (excluding diaryl/α,β-unsaturated/α-hetero) is 1. The van der Waals surface area contributed by atoms with Crippen molar-refractivity contribution in [3.63, 3.8) is 0 Å². The van der Waals surface area contributed by atoms with Gasteiger partial charge in [0.05, 0.1) is 6.42 Å². The van der Waals surface area contributed by atoms with Crippen molar-refractivity contribution in [3.05, 3.63) is 45.0 Å². The lowest BCUT2D eigenvalue weighted by Gasteiger charge is -2.06. The van der Waals surface area contributed by atoms with Crippen molar-refractivity contribution in [2.75, 3.05) is 0 Å². The molecule has 3 rings (SSSR count). The van der Waals surface area contributed by atoms with E-state index in [4.69, 9.17) is 13.9 Å². The summed E-state index contributed by atoms with van der Waals surface area (Å²) in [5.74, 6) is -2.20. The van der Waals surface area contributed by atoms with Crippen molar-refractivity contribution in [3.8, 4) is 0 Å². The van der Waals surface area contributed by atoms with Gasteiger partial charge in [0.1, 0.15) is 16.9 Å². The van der Waals surface area contributed by atoms with Crippen LogP contribution in [0, 0.1) is 20.8 Å². The summed E-state index contributed by atoms with van der Waals surface area (Å²) in [6, 6.07) is 3.24. The number of hydrogen-bond donors (Lipinski definition) is 2. The van der Waals surface area contributed by atoms with E-state index in [1.807, 2.05) is 6.07 Å². The smallest absolute Gasteiger partial charge is 0.336 e. The van der Waals surface area contributed by atoms with Crippen LogP contribution >= 0.6 is 0 Å². The first-order valence-corrected chi connectivity index (χ1v) is 8.68. The number of carboxylic acids is 1. The number of hydrogen-bond acceptors (Lipinski definition) is 6. The second-order valence-corrected chi connectivity index (χ2v) is 6.64. The second-order valence-electron chi connectivity index (χ2n) is 6.64. The topological polar surface area (TPSA) is 127 Å². The predicted molar refractivity (Wildman–Crippen MR) is 100 cm³/mol. The van der Waals surface area contributed by atoms with Gasteiger partial charge in [-0.25, -0.2) is 4.79 Å². The average molecular weight is 385 g/mol. The standard InChI is InChI=1S/C20H19NO7/c1-9-6-17(25)28-18-10(2)19-13(7-12(9)18)14(11(3)27-19)8-21-20(26)15(22)4-5-16(23)24/h6-7H,4-5,8H2,1-3H3,(H,21,26)(H,23,24). The van der Waals surface area contributed by atoms with E-state index in [2.05, 4.69) is 5.32 Å². The van der Waals surface area contributed by atoms with Crippen LogP contribution in [0.3, 0.4) is 0 Å². The van der Waals surface area contributed by atoms with E-state index in [9.17, 15) is 19.2 Å². The largest absolute Gasteiger partial charge is 0.481 e. The van der Waals surface area contributed by atoms with Crippen LogP contribution in [0.2, 0.25) is 0 Å². The molecule has 0 aliphatic heterocycles.